The van der Waals surface area contributed by atoms with Crippen molar-refractivity contribution in [3.8, 4) is 0 Å². The van der Waals surface area contributed by atoms with Crippen LogP contribution in [-0.2, 0) is 11.3 Å². The summed E-state index contributed by atoms with van der Waals surface area (Å²) in [4.78, 5) is 19.0. The van der Waals surface area contributed by atoms with E-state index < -0.39 is 0 Å². The number of carbonyl (C=O) groups is 1. The maximum Gasteiger partial charge on any atom is 0.223 e. The van der Waals surface area contributed by atoms with Crippen LogP contribution >= 0.6 is 0 Å². The molecule has 1 atom stereocenters. The van der Waals surface area contributed by atoms with Gasteiger partial charge in [-0.3, -0.25) is 9.78 Å². The third-order valence-corrected chi connectivity index (χ3v) is 5.53. The topological polar surface area (TPSA) is 45.2 Å². The van der Waals surface area contributed by atoms with Gasteiger partial charge in [0, 0.05) is 31.2 Å². The van der Waals surface area contributed by atoms with E-state index in [4.69, 9.17) is 0 Å². The van der Waals surface area contributed by atoms with Crippen molar-refractivity contribution in [2.45, 2.75) is 82.8 Å². The Balaban J connectivity index is 1.47. The van der Waals surface area contributed by atoms with Crippen molar-refractivity contribution in [2.24, 2.45) is 0 Å². The molecule has 1 aliphatic heterocycles. The molecule has 0 radical (unpaired) electrons. The predicted molar refractivity (Wildman–Crippen MR) is 96.5 cm³/mol. The number of nitrogens with zero attached hydrogens (tertiary/aromatic N) is 2. The third kappa shape index (κ3) is 4.79. The molecule has 1 aromatic heterocycles. The van der Waals surface area contributed by atoms with Crippen LogP contribution in [-0.4, -0.2) is 34.4 Å². The van der Waals surface area contributed by atoms with Crippen LogP contribution in [0, 0.1) is 0 Å². The van der Waals surface area contributed by atoms with E-state index >= 15 is 0 Å². The Bertz CT molecular complexity index is 497. The van der Waals surface area contributed by atoms with E-state index in [1.54, 1.807) is 0 Å². The highest BCUT2D eigenvalue weighted by molar-refractivity contribution is 5.79. The third-order valence-electron chi connectivity index (χ3n) is 5.53. The van der Waals surface area contributed by atoms with Crippen LogP contribution in [0.25, 0.3) is 0 Å². The van der Waals surface area contributed by atoms with Gasteiger partial charge in [0.05, 0.1) is 5.69 Å². The molecule has 1 aromatic rings. The van der Waals surface area contributed by atoms with Gasteiger partial charge in [0.1, 0.15) is 0 Å². The maximum atomic E-state index is 12.4. The van der Waals surface area contributed by atoms with E-state index in [0.717, 1.165) is 38.0 Å². The van der Waals surface area contributed by atoms with Gasteiger partial charge in [0.25, 0.3) is 0 Å². The first-order valence-corrected chi connectivity index (χ1v) is 9.76. The molecule has 2 fully saturated rings. The molecular formula is C20H31N3O. The minimum Gasteiger partial charge on any atom is -0.337 e. The number of pyridine rings is 1. The lowest BCUT2D eigenvalue weighted by Crippen LogP contribution is -2.43. The highest BCUT2D eigenvalue weighted by Gasteiger charge is 2.35. The van der Waals surface area contributed by atoms with E-state index in [-0.39, 0.29) is 0 Å². The second-order valence-electron chi connectivity index (χ2n) is 7.28. The van der Waals surface area contributed by atoms with E-state index in [2.05, 4.69) is 15.2 Å². The van der Waals surface area contributed by atoms with Gasteiger partial charge in [0.15, 0.2) is 0 Å². The molecule has 1 unspecified atom stereocenters. The predicted octanol–water partition coefficient (Wildman–Crippen LogP) is 3.67. The molecule has 1 N–H and O–H groups in total. The van der Waals surface area contributed by atoms with Gasteiger partial charge in [0.2, 0.25) is 5.91 Å². The minimum absolute atomic E-state index is 0.398. The highest BCUT2D eigenvalue weighted by atomic mass is 16.2. The summed E-state index contributed by atoms with van der Waals surface area (Å²) >= 11 is 0. The van der Waals surface area contributed by atoms with Gasteiger partial charge < -0.3 is 10.2 Å². The fourth-order valence-electron chi connectivity index (χ4n) is 4.25. The van der Waals surface area contributed by atoms with Crippen LogP contribution in [0.4, 0.5) is 0 Å². The summed E-state index contributed by atoms with van der Waals surface area (Å²) in [5.74, 6) is 0.398. The zero-order valence-electron chi connectivity index (χ0n) is 14.8. The molecule has 2 aliphatic rings. The molecule has 4 heteroatoms. The Morgan fingerprint density at radius 2 is 1.88 bits per heavy atom. The number of hydrogen-bond acceptors (Lipinski definition) is 3. The number of aromatic nitrogens is 1. The van der Waals surface area contributed by atoms with Crippen molar-refractivity contribution in [3.05, 3.63) is 30.1 Å². The van der Waals surface area contributed by atoms with Gasteiger partial charge in [-0.15, -0.1) is 0 Å². The Labute approximate surface area is 146 Å². The average molecular weight is 329 g/mol. The minimum atomic E-state index is 0.398. The van der Waals surface area contributed by atoms with Crippen LogP contribution in [0.5, 0.6) is 0 Å². The molecule has 0 bridgehead atoms. The largest absolute Gasteiger partial charge is 0.337 e. The van der Waals surface area contributed by atoms with Gasteiger partial charge in [-0.25, -0.2) is 0 Å². The monoisotopic (exact) mass is 329 g/mol. The molecule has 1 amide bonds. The van der Waals surface area contributed by atoms with Crippen LogP contribution in [0.1, 0.15) is 69.9 Å². The summed E-state index contributed by atoms with van der Waals surface area (Å²) in [6.07, 6.45) is 13.8. The molecule has 1 aliphatic carbocycles. The zero-order chi connectivity index (χ0) is 16.6. The molecule has 3 rings (SSSR count). The summed E-state index contributed by atoms with van der Waals surface area (Å²) in [5, 5.41) is 3.49. The summed E-state index contributed by atoms with van der Waals surface area (Å²) in [6.45, 7) is 1.77. The van der Waals surface area contributed by atoms with Crippen LogP contribution < -0.4 is 5.32 Å². The number of carbonyl (C=O) groups excluding carboxylic acids is 1. The molecule has 0 aromatic carbocycles. The van der Waals surface area contributed by atoms with Gasteiger partial charge in [-0.1, -0.05) is 38.2 Å². The first kappa shape index (κ1) is 17.4. The van der Waals surface area contributed by atoms with Gasteiger partial charge >= 0.3 is 0 Å². The summed E-state index contributed by atoms with van der Waals surface area (Å²) < 4.78 is 0. The highest BCUT2D eigenvalue weighted by Crippen LogP contribution is 2.30. The number of likely N-dealkylation sites (tertiary alicyclic amines) is 1. The van der Waals surface area contributed by atoms with E-state index in [0.29, 0.717) is 18.0 Å². The Hall–Kier alpha value is -1.42. The van der Waals surface area contributed by atoms with Crippen molar-refractivity contribution < 1.29 is 4.79 Å². The Morgan fingerprint density at radius 1 is 1.08 bits per heavy atom. The van der Waals surface area contributed by atoms with Crippen molar-refractivity contribution >= 4 is 5.91 Å². The molecule has 0 spiro atoms. The Morgan fingerprint density at radius 3 is 2.62 bits per heavy atom. The first-order valence-electron chi connectivity index (χ1n) is 9.76. The quantitative estimate of drug-likeness (QED) is 0.810. The number of rotatable bonds is 6. The zero-order valence-corrected chi connectivity index (χ0v) is 14.8. The van der Waals surface area contributed by atoms with Crippen molar-refractivity contribution in [2.75, 3.05) is 6.54 Å². The maximum absolute atomic E-state index is 12.4. The summed E-state index contributed by atoms with van der Waals surface area (Å²) in [5.41, 5.74) is 1.08. The molecule has 1 saturated carbocycles. The van der Waals surface area contributed by atoms with Crippen LogP contribution in [0.3, 0.4) is 0 Å². The molecule has 2 heterocycles. The lowest BCUT2D eigenvalue weighted by molar-refractivity contribution is -0.131. The van der Waals surface area contributed by atoms with E-state index in [9.17, 15) is 4.79 Å². The smallest absolute Gasteiger partial charge is 0.223 e. The number of nitrogens with one attached hydrogen (secondary N) is 1. The second kappa shape index (κ2) is 9.16. The molecule has 24 heavy (non-hydrogen) atoms. The fourth-order valence-corrected chi connectivity index (χ4v) is 4.25. The summed E-state index contributed by atoms with van der Waals surface area (Å²) in [7, 11) is 0. The van der Waals surface area contributed by atoms with Gasteiger partial charge in [-0.05, 0) is 44.4 Å². The van der Waals surface area contributed by atoms with Crippen LogP contribution in [0.2, 0.25) is 0 Å². The van der Waals surface area contributed by atoms with E-state index in [1.165, 1.54) is 44.9 Å². The number of amides is 1. The second-order valence-corrected chi connectivity index (χ2v) is 7.28. The summed E-state index contributed by atoms with van der Waals surface area (Å²) in [6, 6.07) is 6.96. The van der Waals surface area contributed by atoms with Crippen molar-refractivity contribution in [1.82, 2.24) is 15.2 Å². The molecular weight excluding hydrogens is 298 g/mol. The van der Waals surface area contributed by atoms with Crippen molar-refractivity contribution in [1.29, 1.82) is 0 Å². The normalized spacial score (nSPS) is 23.2. The van der Waals surface area contributed by atoms with Gasteiger partial charge in [-0.2, -0.15) is 0 Å². The number of hydrogen-bond donors (Lipinski definition) is 1. The van der Waals surface area contributed by atoms with E-state index in [1.807, 2.05) is 24.4 Å². The standard InChI is InChI=1S/C20H31N3O/c24-20-12-11-19(13-15-21-16-17-8-6-7-14-22-17)23(20)18-9-4-2-1-3-5-10-18/h6-8,14,18-19,21H,1-5,9-13,15-16H2. The first-order chi connectivity index (χ1) is 11.8. The Kier molecular flexibility index (Phi) is 6.65. The molecule has 132 valence electrons. The lowest BCUT2D eigenvalue weighted by atomic mass is 9.95. The molecule has 4 nitrogen and oxygen atoms in total. The van der Waals surface area contributed by atoms with Crippen LogP contribution in [0.15, 0.2) is 24.4 Å². The average Bonchev–Trinajstić information content (AvgIpc) is 2.93. The fraction of sp³-hybridized carbons (Fsp3) is 0.700. The molecule has 1 saturated heterocycles. The van der Waals surface area contributed by atoms with Crippen molar-refractivity contribution in [3.63, 3.8) is 0 Å². The lowest BCUT2D eigenvalue weighted by Gasteiger charge is -2.34. The SMILES string of the molecule is O=C1CCC(CCNCc2ccccn2)N1C1CCCCCCC1.